The molecule has 1 aromatic rings. The van der Waals surface area contributed by atoms with Crippen molar-refractivity contribution in [3.8, 4) is 0 Å². The summed E-state index contributed by atoms with van der Waals surface area (Å²) in [5.74, 6) is 1.11. The van der Waals surface area contributed by atoms with Crippen LogP contribution in [0.15, 0.2) is 12.1 Å². The average Bonchev–Trinajstić information content (AvgIpc) is 2.92. The van der Waals surface area contributed by atoms with Crippen LogP contribution in [0.3, 0.4) is 0 Å². The molecular weight excluding hydrogens is 194 g/mol. The van der Waals surface area contributed by atoms with E-state index in [4.69, 9.17) is 5.11 Å². The van der Waals surface area contributed by atoms with Crippen molar-refractivity contribution in [1.82, 2.24) is 10.2 Å². The van der Waals surface area contributed by atoms with Crippen molar-refractivity contribution < 1.29 is 9.90 Å². The van der Waals surface area contributed by atoms with Crippen LogP contribution in [-0.4, -0.2) is 27.8 Å². The normalized spacial score (nSPS) is 23.5. The largest absolute Gasteiger partial charge is 0.476 e. The first-order valence-corrected chi connectivity index (χ1v) is 4.97. The van der Waals surface area contributed by atoms with E-state index in [9.17, 15) is 4.79 Å². The summed E-state index contributed by atoms with van der Waals surface area (Å²) >= 11 is 0. The van der Waals surface area contributed by atoms with Gasteiger partial charge in [-0.15, -0.1) is 10.2 Å². The van der Waals surface area contributed by atoms with E-state index in [2.05, 4.69) is 22.4 Å². The molecule has 0 aliphatic heterocycles. The van der Waals surface area contributed by atoms with Crippen molar-refractivity contribution in [3.63, 3.8) is 0 Å². The van der Waals surface area contributed by atoms with Crippen molar-refractivity contribution in [2.24, 2.45) is 11.8 Å². The Morgan fingerprint density at radius 1 is 1.60 bits per heavy atom. The first-order valence-electron chi connectivity index (χ1n) is 4.97. The fourth-order valence-electron chi connectivity index (χ4n) is 1.46. The third kappa shape index (κ3) is 2.43. The van der Waals surface area contributed by atoms with Crippen LogP contribution in [0.2, 0.25) is 0 Å². The van der Waals surface area contributed by atoms with Gasteiger partial charge in [-0.3, -0.25) is 0 Å². The predicted molar refractivity (Wildman–Crippen MR) is 54.8 cm³/mol. The fourth-order valence-corrected chi connectivity index (χ4v) is 1.46. The van der Waals surface area contributed by atoms with Crippen molar-refractivity contribution in [3.05, 3.63) is 17.8 Å². The number of nitrogens with zero attached hydrogens (tertiary/aromatic N) is 2. The van der Waals surface area contributed by atoms with E-state index in [0.717, 1.165) is 18.4 Å². The summed E-state index contributed by atoms with van der Waals surface area (Å²) in [4.78, 5) is 10.5. The lowest BCUT2D eigenvalue weighted by molar-refractivity contribution is 0.0689. The topological polar surface area (TPSA) is 75.1 Å². The molecule has 2 rings (SSSR count). The molecule has 2 unspecified atom stereocenters. The number of aromatic nitrogens is 2. The van der Waals surface area contributed by atoms with Gasteiger partial charge < -0.3 is 10.4 Å². The van der Waals surface area contributed by atoms with Crippen LogP contribution in [0.5, 0.6) is 0 Å². The average molecular weight is 207 g/mol. The molecule has 5 nitrogen and oxygen atoms in total. The van der Waals surface area contributed by atoms with Gasteiger partial charge >= 0.3 is 5.97 Å². The molecule has 0 radical (unpaired) electrons. The molecule has 2 atom stereocenters. The number of rotatable bonds is 4. The van der Waals surface area contributed by atoms with Crippen LogP contribution >= 0.6 is 0 Å². The monoisotopic (exact) mass is 207 g/mol. The van der Waals surface area contributed by atoms with E-state index in [-0.39, 0.29) is 5.69 Å². The molecule has 15 heavy (non-hydrogen) atoms. The van der Waals surface area contributed by atoms with Crippen LogP contribution in [0.25, 0.3) is 0 Å². The van der Waals surface area contributed by atoms with E-state index in [1.54, 1.807) is 6.07 Å². The second-order valence-electron chi connectivity index (χ2n) is 3.96. The molecule has 1 aliphatic carbocycles. The molecule has 0 spiro atoms. The summed E-state index contributed by atoms with van der Waals surface area (Å²) < 4.78 is 0. The van der Waals surface area contributed by atoms with Crippen molar-refractivity contribution in [2.45, 2.75) is 13.3 Å². The summed E-state index contributed by atoms with van der Waals surface area (Å²) in [5.41, 5.74) is -0.0275. The zero-order valence-corrected chi connectivity index (χ0v) is 8.47. The summed E-state index contributed by atoms with van der Waals surface area (Å²) in [5, 5.41) is 19.1. The molecule has 5 heteroatoms. The standard InChI is InChI=1S/C10H13N3O2/c1-6-4-7(6)5-11-9-3-2-8(10(14)15)12-13-9/h2-3,6-7H,4-5H2,1H3,(H,11,13)(H,14,15). The number of hydrogen-bond acceptors (Lipinski definition) is 4. The molecule has 1 fully saturated rings. The lowest BCUT2D eigenvalue weighted by Crippen LogP contribution is -2.08. The number of anilines is 1. The molecule has 0 amide bonds. The third-order valence-corrected chi connectivity index (χ3v) is 2.71. The Labute approximate surface area is 87.5 Å². The minimum absolute atomic E-state index is 0.0275. The zero-order chi connectivity index (χ0) is 10.8. The first kappa shape index (κ1) is 9.89. The maximum atomic E-state index is 10.5. The first-order chi connectivity index (χ1) is 7.16. The van der Waals surface area contributed by atoms with Gasteiger partial charge in [0, 0.05) is 6.54 Å². The van der Waals surface area contributed by atoms with E-state index >= 15 is 0 Å². The van der Waals surface area contributed by atoms with Gasteiger partial charge in [-0.25, -0.2) is 4.79 Å². The predicted octanol–water partition coefficient (Wildman–Crippen LogP) is 1.24. The molecule has 2 N–H and O–H groups in total. The fraction of sp³-hybridized carbons (Fsp3) is 0.500. The summed E-state index contributed by atoms with van der Waals surface area (Å²) in [6.07, 6.45) is 1.26. The summed E-state index contributed by atoms with van der Waals surface area (Å²) in [6, 6.07) is 3.09. The van der Waals surface area contributed by atoms with Gasteiger partial charge in [0.2, 0.25) is 0 Å². The zero-order valence-electron chi connectivity index (χ0n) is 8.47. The number of carbonyl (C=O) groups is 1. The quantitative estimate of drug-likeness (QED) is 0.777. The van der Waals surface area contributed by atoms with Gasteiger partial charge in [0.15, 0.2) is 5.69 Å². The molecule has 0 aromatic carbocycles. The van der Waals surface area contributed by atoms with Gasteiger partial charge in [-0.05, 0) is 30.4 Å². The van der Waals surface area contributed by atoms with Gasteiger partial charge in [0.25, 0.3) is 0 Å². The van der Waals surface area contributed by atoms with E-state index < -0.39 is 5.97 Å². The third-order valence-electron chi connectivity index (χ3n) is 2.71. The van der Waals surface area contributed by atoms with E-state index in [0.29, 0.717) is 5.82 Å². The van der Waals surface area contributed by atoms with Crippen molar-refractivity contribution in [1.29, 1.82) is 0 Å². The SMILES string of the molecule is CC1CC1CNc1ccc(C(=O)O)nn1. The molecule has 0 bridgehead atoms. The molecular formula is C10H13N3O2. The van der Waals surface area contributed by atoms with Gasteiger partial charge in [0.1, 0.15) is 5.82 Å². The van der Waals surface area contributed by atoms with Gasteiger partial charge in [0.05, 0.1) is 0 Å². The minimum Gasteiger partial charge on any atom is -0.476 e. The lowest BCUT2D eigenvalue weighted by Gasteiger charge is -2.03. The molecule has 1 heterocycles. The highest BCUT2D eigenvalue weighted by Crippen LogP contribution is 2.37. The van der Waals surface area contributed by atoms with Crippen LogP contribution in [-0.2, 0) is 0 Å². The second kappa shape index (κ2) is 3.84. The highest BCUT2D eigenvalue weighted by molar-refractivity contribution is 5.85. The van der Waals surface area contributed by atoms with Crippen LogP contribution < -0.4 is 5.32 Å². The maximum Gasteiger partial charge on any atom is 0.356 e. The second-order valence-corrected chi connectivity index (χ2v) is 3.96. The van der Waals surface area contributed by atoms with E-state index in [1.807, 2.05) is 0 Å². The Bertz CT molecular complexity index is 363. The van der Waals surface area contributed by atoms with Crippen LogP contribution in [0, 0.1) is 11.8 Å². The lowest BCUT2D eigenvalue weighted by atomic mass is 10.3. The van der Waals surface area contributed by atoms with Crippen LogP contribution in [0.4, 0.5) is 5.82 Å². The maximum absolute atomic E-state index is 10.5. The Morgan fingerprint density at radius 2 is 2.33 bits per heavy atom. The van der Waals surface area contributed by atoms with Crippen molar-refractivity contribution in [2.75, 3.05) is 11.9 Å². The van der Waals surface area contributed by atoms with Crippen molar-refractivity contribution >= 4 is 11.8 Å². The van der Waals surface area contributed by atoms with Gasteiger partial charge in [-0.1, -0.05) is 6.92 Å². The Kier molecular flexibility index (Phi) is 2.53. The number of aromatic carboxylic acids is 1. The van der Waals surface area contributed by atoms with E-state index in [1.165, 1.54) is 12.5 Å². The summed E-state index contributed by atoms with van der Waals surface area (Å²) in [6.45, 7) is 3.10. The highest BCUT2D eigenvalue weighted by Gasteiger charge is 2.31. The molecule has 1 aliphatic rings. The van der Waals surface area contributed by atoms with Gasteiger partial charge in [-0.2, -0.15) is 0 Å². The minimum atomic E-state index is -1.05. The number of nitrogens with one attached hydrogen (secondary N) is 1. The number of carboxylic acids is 1. The molecule has 80 valence electrons. The highest BCUT2D eigenvalue weighted by atomic mass is 16.4. The molecule has 1 aromatic heterocycles. The number of carboxylic acid groups (broad SMARTS) is 1. The molecule has 0 saturated heterocycles. The Balaban J connectivity index is 1.89. The summed E-state index contributed by atoms with van der Waals surface area (Å²) in [7, 11) is 0. The smallest absolute Gasteiger partial charge is 0.356 e. The van der Waals surface area contributed by atoms with Crippen LogP contribution in [0.1, 0.15) is 23.8 Å². The Hall–Kier alpha value is -1.65. The number of hydrogen-bond donors (Lipinski definition) is 2. The Morgan fingerprint density at radius 3 is 2.80 bits per heavy atom. The molecule has 1 saturated carbocycles.